The maximum absolute atomic E-state index is 13.6. The summed E-state index contributed by atoms with van der Waals surface area (Å²) in [5.74, 6) is 0.611. The second kappa shape index (κ2) is 11.8. The third-order valence-electron chi connectivity index (χ3n) is 7.08. The molecule has 194 valence electrons. The minimum absolute atomic E-state index is 0.0407. The van der Waals surface area contributed by atoms with Crippen molar-refractivity contribution in [1.29, 1.82) is 0 Å². The number of aromatic nitrogens is 7. The fourth-order valence-corrected chi connectivity index (χ4v) is 4.98. The van der Waals surface area contributed by atoms with Crippen LogP contribution in [-0.2, 0) is 25.9 Å². The number of nitrogens with one attached hydrogen (secondary N) is 1. The monoisotopic (exact) mass is 507 g/mol. The number of tetrazole rings is 1. The first-order chi connectivity index (χ1) is 18.7. The van der Waals surface area contributed by atoms with E-state index in [4.69, 9.17) is 4.98 Å². The molecule has 0 fully saturated rings. The lowest BCUT2D eigenvalue weighted by Crippen LogP contribution is -2.26. The molecular weight excluding hydrogens is 474 g/mol. The smallest absolute Gasteiger partial charge is 0.296 e. The summed E-state index contributed by atoms with van der Waals surface area (Å²) >= 11 is 0. The van der Waals surface area contributed by atoms with Crippen molar-refractivity contribution in [3.8, 4) is 22.5 Å². The lowest BCUT2D eigenvalue weighted by molar-refractivity contribution is 0.614. The Balaban J connectivity index is 1.41. The number of aryl methyl sites for hydroxylation is 1. The Hall–Kier alpha value is -4.33. The summed E-state index contributed by atoms with van der Waals surface area (Å²) < 4.78 is 3.86. The summed E-state index contributed by atoms with van der Waals surface area (Å²) in [6, 6.07) is 22.3. The molecule has 0 atom stereocenters. The predicted molar refractivity (Wildman–Crippen MR) is 149 cm³/mol. The molecule has 1 N–H and O–H groups in total. The fourth-order valence-electron chi connectivity index (χ4n) is 4.98. The van der Waals surface area contributed by atoms with Crippen LogP contribution in [0, 0.1) is 6.92 Å². The average molecular weight is 508 g/mol. The van der Waals surface area contributed by atoms with Crippen molar-refractivity contribution in [3.05, 3.63) is 106 Å². The quantitative estimate of drug-likeness (QED) is 0.247. The predicted octanol–water partition coefficient (Wildman–Crippen LogP) is 5.22. The molecule has 0 amide bonds. The van der Waals surface area contributed by atoms with Crippen LogP contribution in [-0.4, -0.2) is 34.7 Å². The molecule has 38 heavy (non-hydrogen) atoms. The Kier molecular flexibility index (Phi) is 7.87. The van der Waals surface area contributed by atoms with Gasteiger partial charge in [0.05, 0.1) is 12.2 Å². The molecule has 0 unspecified atom stereocenters. The van der Waals surface area contributed by atoms with E-state index in [1.165, 1.54) is 5.56 Å². The van der Waals surface area contributed by atoms with E-state index in [1.807, 2.05) is 69.9 Å². The number of benzene rings is 2. The zero-order chi connectivity index (χ0) is 26.3. The molecule has 0 aliphatic rings. The molecule has 0 saturated heterocycles. The van der Waals surface area contributed by atoms with Gasteiger partial charge in [-0.2, -0.15) is 0 Å². The van der Waals surface area contributed by atoms with E-state index in [2.05, 4.69) is 46.6 Å². The largest absolute Gasteiger partial charge is 0.328 e. The van der Waals surface area contributed by atoms with Gasteiger partial charge in [0.1, 0.15) is 0 Å². The first-order valence-corrected chi connectivity index (χ1v) is 13.3. The highest BCUT2D eigenvalue weighted by atomic mass is 16.1. The maximum Gasteiger partial charge on any atom is 0.328 e. The first kappa shape index (κ1) is 25.3. The summed E-state index contributed by atoms with van der Waals surface area (Å²) in [4.78, 5) is 18.4. The Morgan fingerprint density at radius 1 is 0.868 bits per heavy atom. The van der Waals surface area contributed by atoms with Crippen molar-refractivity contribution in [2.45, 2.75) is 59.0 Å². The molecule has 8 heteroatoms. The lowest BCUT2D eigenvalue weighted by atomic mass is 10.0. The highest BCUT2D eigenvalue weighted by Gasteiger charge is 2.18. The molecule has 3 aromatic heterocycles. The Morgan fingerprint density at radius 3 is 2.37 bits per heavy atom. The summed E-state index contributed by atoms with van der Waals surface area (Å²) in [7, 11) is 0. The van der Waals surface area contributed by atoms with Gasteiger partial charge in [0.15, 0.2) is 5.82 Å². The van der Waals surface area contributed by atoms with Gasteiger partial charge < -0.3 is 0 Å². The minimum atomic E-state index is 0.0407. The number of pyridine rings is 1. The minimum Gasteiger partial charge on any atom is -0.296 e. The number of unbranched alkanes of at least 4 members (excludes halogenated alkanes) is 2. The third-order valence-corrected chi connectivity index (χ3v) is 7.08. The number of H-pyrrole nitrogens is 1. The standard InChI is InChI=1S/C30H33N7O/c1-3-4-6-15-28-22(2)36(19-18-23-11-7-5-8-12-23)30(38)37(28)21-25-17-16-24(20-31-25)26-13-9-10-14-27(26)29-32-34-35-33-29/h5,7-14,16-17,20H,3-4,6,15,18-19,21H2,1-2H3,(H,32,33,34,35). The second-order valence-corrected chi connectivity index (χ2v) is 9.58. The van der Waals surface area contributed by atoms with Crippen LogP contribution in [0.1, 0.15) is 48.8 Å². The molecule has 0 saturated carbocycles. The average Bonchev–Trinajstić information content (AvgIpc) is 3.57. The molecular formula is C30H33N7O. The van der Waals surface area contributed by atoms with Crippen LogP contribution in [0.25, 0.3) is 22.5 Å². The van der Waals surface area contributed by atoms with Crippen LogP contribution in [0.5, 0.6) is 0 Å². The highest BCUT2D eigenvalue weighted by Crippen LogP contribution is 2.29. The van der Waals surface area contributed by atoms with E-state index in [1.54, 1.807) is 0 Å². The van der Waals surface area contributed by atoms with Gasteiger partial charge in [0.2, 0.25) is 0 Å². The number of nitrogens with zero attached hydrogens (tertiary/aromatic N) is 6. The molecule has 0 aliphatic carbocycles. The Labute approximate surface area is 222 Å². The van der Waals surface area contributed by atoms with E-state index in [9.17, 15) is 4.79 Å². The fraction of sp³-hybridized carbons (Fsp3) is 0.300. The molecule has 8 nitrogen and oxygen atoms in total. The molecule has 5 rings (SSSR count). The van der Waals surface area contributed by atoms with Gasteiger partial charge in [-0.1, -0.05) is 80.4 Å². The van der Waals surface area contributed by atoms with Gasteiger partial charge in [-0.25, -0.2) is 9.89 Å². The highest BCUT2D eigenvalue weighted by molar-refractivity contribution is 5.79. The summed E-state index contributed by atoms with van der Waals surface area (Å²) in [6.45, 7) is 5.40. The number of hydrogen-bond donors (Lipinski definition) is 1. The van der Waals surface area contributed by atoms with Crippen molar-refractivity contribution >= 4 is 0 Å². The van der Waals surface area contributed by atoms with Crippen molar-refractivity contribution < 1.29 is 0 Å². The summed E-state index contributed by atoms with van der Waals surface area (Å²) in [5, 5.41) is 14.3. The first-order valence-electron chi connectivity index (χ1n) is 13.3. The maximum atomic E-state index is 13.6. The molecule has 0 bridgehead atoms. The van der Waals surface area contributed by atoms with Gasteiger partial charge in [0, 0.05) is 35.3 Å². The van der Waals surface area contributed by atoms with Crippen molar-refractivity contribution in [2.75, 3.05) is 0 Å². The molecule has 0 radical (unpaired) electrons. The zero-order valence-corrected chi connectivity index (χ0v) is 22.0. The van der Waals surface area contributed by atoms with E-state index in [-0.39, 0.29) is 5.69 Å². The van der Waals surface area contributed by atoms with Gasteiger partial charge in [-0.15, -0.1) is 5.10 Å². The molecule has 2 aromatic carbocycles. The van der Waals surface area contributed by atoms with Gasteiger partial charge >= 0.3 is 5.69 Å². The van der Waals surface area contributed by atoms with Crippen LogP contribution >= 0.6 is 0 Å². The van der Waals surface area contributed by atoms with Crippen LogP contribution in [0.3, 0.4) is 0 Å². The van der Waals surface area contributed by atoms with E-state index in [0.29, 0.717) is 18.9 Å². The topological polar surface area (TPSA) is 94.3 Å². The number of hydrogen-bond acceptors (Lipinski definition) is 5. The summed E-state index contributed by atoms with van der Waals surface area (Å²) in [5.41, 5.74) is 7.17. The van der Waals surface area contributed by atoms with Crippen molar-refractivity contribution in [3.63, 3.8) is 0 Å². The molecule has 3 heterocycles. The van der Waals surface area contributed by atoms with Crippen LogP contribution in [0.4, 0.5) is 0 Å². The number of aromatic amines is 1. The number of rotatable bonds is 11. The van der Waals surface area contributed by atoms with Crippen molar-refractivity contribution in [2.24, 2.45) is 0 Å². The van der Waals surface area contributed by atoms with Crippen LogP contribution in [0.2, 0.25) is 0 Å². The van der Waals surface area contributed by atoms with Gasteiger partial charge in [0.25, 0.3) is 0 Å². The normalized spacial score (nSPS) is 11.2. The van der Waals surface area contributed by atoms with Gasteiger partial charge in [-0.3, -0.25) is 14.1 Å². The number of imidazole rings is 1. The van der Waals surface area contributed by atoms with Crippen LogP contribution in [0.15, 0.2) is 77.7 Å². The van der Waals surface area contributed by atoms with Gasteiger partial charge in [-0.05, 0) is 53.8 Å². The summed E-state index contributed by atoms with van der Waals surface area (Å²) in [6.07, 6.45) is 6.94. The molecule has 0 spiro atoms. The Morgan fingerprint density at radius 2 is 1.66 bits per heavy atom. The van der Waals surface area contributed by atoms with Crippen molar-refractivity contribution in [1.82, 2.24) is 34.7 Å². The van der Waals surface area contributed by atoms with E-state index < -0.39 is 0 Å². The Bertz CT molecular complexity index is 1520. The van der Waals surface area contributed by atoms with E-state index >= 15 is 0 Å². The molecule has 5 aromatic rings. The van der Waals surface area contributed by atoms with E-state index in [0.717, 1.165) is 65.9 Å². The molecule has 0 aliphatic heterocycles. The lowest BCUT2D eigenvalue weighted by Gasteiger charge is -2.10. The third kappa shape index (κ3) is 5.49. The second-order valence-electron chi connectivity index (χ2n) is 9.58. The van der Waals surface area contributed by atoms with Crippen LogP contribution < -0.4 is 5.69 Å². The zero-order valence-electron chi connectivity index (χ0n) is 22.0. The SMILES string of the molecule is CCCCCc1c(C)n(CCc2ccccc2)c(=O)n1Cc1ccc(-c2ccccc2-c2nnn[nH]2)cn1.